The first-order valence-electron chi connectivity index (χ1n) is 10.8. The van der Waals surface area contributed by atoms with Crippen molar-refractivity contribution < 1.29 is 4.74 Å². The lowest BCUT2D eigenvalue weighted by atomic mass is 10.1. The van der Waals surface area contributed by atoms with Crippen LogP contribution < -0.4 is 15.4 Å². The molecule has 0 saturated heterocycles. The summed E-state index contributed by atoms with van der Waals surface area (Å²) in [5, 5.41) is 14.9. The largest absolute Gasteiger partial charge is 0.493 e. The third-order valence-electron chi connectivity index (χ3n) is 4.90. The molecule has 0 fully saturated rings. The van der Waals surface area contributed by atoms with Crippen molar-refractivity contribution in [2.45, 2.75) is 59.5 Å². The van der Waals surface area contributed by atoms with Gasteiger partial charge in [0, 0.05) is 19.2 Å². The Labute approximate surface area is 180 Å². The normalized spacial score (nSPS) is 11.4. The molecule has 0 aliphatic rings. The Morgan fingerprint density at radius 1 is 1.20 bits per heavy atom. The monoisotopic (exact) mass is 412 g/mol. The Balaban J connectivity index is 2.03. The summed E-state index contributed by atoms with van der Waals surface area (Å²) in [7, 11) is 1.96. The van der Waals surface area contributed by atoms with Crippen molar-refractivity contribution in [3.63, 3.8) is 0 Å². The summed E-state index contributed by atoms with van der Waals surface area (Å²) in [6.07, 6.45) is 6.57. The molecule has 0 aliphatic carbocycles. The van der Waals surface area contributed by atoms with E-state index in [0.717, 1.165) is 36.0 Å². The maximum absolute atomic E-state index is 6.08. The van der Waals surface area contributed by atoms with E-state index >= 15 is 0 Å². The van der Waals surface area contributed by atoms with Crippen LogP contribution in [-0.4, -0.2) is 33.9 Å². The fourth-order valence-electron chi connectivity index (χ4n) is 2.91. The molecule has 0 spiro atoms. The van der Waals surface area contributed by atoms with Crippen molar-refractivity contribution in [1.82, 2.24) is 25.4 Å². The number of ether oxygens (including phenoxy) is 1. The van der Waals surface area contributed by atoms with Crippen LogP contribution in [0.5, 0.6) is 5.75 Å². The van der Waals surface area contributed by atoms with Crippen LogP contribution in [0.15, 0.2) is 35.8 Å². The van der Waals surface area contributed by atoms with Gasteiger partial charge in [0.05, 0.1) is 19.7 Å². The van der Waals surface area contributed by atoms with Crippen molar-refractivity contribution in [3.8, 4) is 5.75 Å². The maximum Gasteiger partial charge on any atom is 0.192 e. The zero-order chi connectivity index (χ0) is 21.8. The third kappa shape index (κ3) is 7.54. The van der Waals surface area contributed by atoms with Gasteiger partial charge in [-0.25, -0.2) is 4.99 Å². The first kappa shape index (κ1) is 23.4. The summed E-state index contributed by atoms with van der Waals surface area (Å²) in [6, 6.07) is 6.29. The van der Waals surface area contributed by atoms with Crippen LogP contribution in [-0.2, 0) is 20.1 Å². The van der Waals surface area contributed by atoms with E-state index in [4.69, 9.17) is 9.73 Å². The first-order chi connectivity index (χ1) is 14.5. The second-order valence-electron chi connectivity index (χ2n) is 7.43. The SMILES string of the molecule is C=CCNC(=NCc1ccc(C)cc1OCCCCCC)NCc1nnc(C)n1C. The average Bonchev–Trinajstić information content (AvgIpc) is 3.06. The molecule has 7 nitrogen and oxygen atoms in total. The van der Waals surface area contributed by atoms with Gasteiger partial charge >= 0.3 is 0 Å². The van der Waals surface area contributed by atoms with E-state index in [-0.39, 0.29) is 0 Å². The summed E-state index contributed by atoms with van der Waals surface area (Å²) in [5.41, 5.74) is 2.26. The van der Waals surface area contributed by atoms with Crippen molar-refractivity contribution in [2.24, 2.45) is 12.0 Å². The highest BCUT2D eigenvalue weighted by Gasteiger charge is 2.08. The number of benzene rings is 1. The summed E-state index contributed by atoms with van der Waals surface area (Å²) >= 11 is 0. The molecule has 1 aromatic carbocycles. The molecule has 0 bridgehead atoms. The smallest absolute Gasteiger partial charge is 0.192 e. The molecular formula is C23H36N6O. The number of guanidine groups is 1. The number of aliphatic imine (C=N–C) groups is 1. The molecule has 0 saturated carbocycles. The Morgan fingerprint density at radius 3 is 2.73 bits per heavy atom. The van der Waals surface area contributed by atoms with E-state index in [1.807, 2.05) is 18.5 Å². The van der Waals surface area contributed by atoms with Gasteiger partial charge in [0.1, 0.15) is 11.6 Å². The molecule has 0 unspecified atom stereocenters. The number of hydrogen-bond donors (Lipinski definition) is 2. The molecule has 2 N–H and O–H groups in total. The lowest BCUT2D eigenvalue weighted by Gasteiger charge is -2.14. The van der Waals surface area contributed by atoms with Crippen LogP contribution in [0.25, 0.3) is 0 Å². The number of nitrogens with zero attached hydrogens (tertiary/aromatic N) is 4. The summed E-state index contributed by atoms with van der Waals surface area (Å²) < 4.78 is 8.04. The van der Waals surface area contributed by atoms with E-state index in [0.29, 0.717) is 25.6 Å². The fourth-order valence-corrected chi connectivity index (χ4v) is 2.91. The number of unbranched alkanes of at least 4 members (excludes halogenated alkanes) is 3. The predicted molar refractivity (Wildman–Crippen MR) is 123 cm³/mol. The zero-order valence-corrected chi connectivity index (χ0v) is 18.9. The van der Waals surface area contributed by atoms with Gasteiger partial charge in [-0.05, 0) is 31.9 Å². The highest BCUT2D eigenvalue weighted by molar-refractivity contribution is 5.79. The van der Waals surface area contributed by atoms with Crippen molar-refractivity contribution in [2.75, 3.05) is 13.2 Å². The number of aromatic nitrogens is 3. The van der Waals surface area contributed by atoms with Gasteiger partial charge < -0.3 is 19.9 Å². The lowest BCUT2D eigenvalue weighted by molar-refractivity contribution is 0.302. The van der Waals surface area contributed by atoms with Crippen molar-refractivity contribution >= 4 is 5.96 Å². The van der Waals surface area contributed by atoms with Gasteiger partial charge in [-0.3, -0.25) is 0 Å². The summed E-state index contributed by atoms with van der Waals surface area (Å²) in [5.74, 6) is 3.35. The second kappa shape index (κ2) is 12.7. The molecule has 0 radical (unpaired) electrons. The molecule has 164 valence electrons. The lowest BCUT2D eigenvalue weighted by Crippen LogP contribution is -2.37. The Kier molecular flexibility index (Phi) is 9.91. The van der Waals surface area contributed by atoms with E-state index in [1.54, 1.807) is 6.08 Å². The van der Waals surface area contributed by atoms with Crippen LogP contribution in [0.1, 0.15) is 55.4 Å². The van der Waals surface area contributed by atoms with E-state index in [2.05, 4.69) is 59.5 Å². The quantitative estimate of drug-likeness (QED) is 0.240. The van der Waals surface area contributed by atoms with Crippen molar-refractivity contribution in [3.05, 3.63) is 53.6 Å². The molecule has 2 rings (SSSR count). The first-order valence-corrected chi connectivity index (χ1v) is 10.8. The number of nitrogens with one attached hydrogen (secondary N) is 2. The standard InChI is InChI=1S/C23H36N6O/c1-6-8-9-10-14-30-21-15-18(3)11-12-20(21)16-25-23(24-13-7-2)26-17-22-28-27-19(4)29(22)5/h7,11-12,15H,2,6,8-10,13-14,16-17H2,1,3-5H3,(H2,24,25,26). The average molecular weight is 413 g/mol. The fraction of sp³-hybridized carbons (Fsp3) is 0.522. The molecule has 1 aromatic heterocycles. The van der Waals surface area contributed by atoms with Gasteiger partial charge in [0.25, 0.3) is 0 Å². The number of hydrogen-bond acceptors (Lipinski definition) is 4. The van der Waals surface area contributed by atoms with E-state index < -0.39 is 0 Å². The van der Waals surface area contributed by atoms with Gasteiger partial charge in [0.15, 0.2) is 11.8 Å². The van der Waals surface area contributed by atoms with Crippen molar-refractivity contribution in [1.29, 1.82) is 0 Å². The third-order valence-corrected chi connectivity index (χ3v) is 4.90. The minimum Gasteiger partial charge on any atom is -0.493 e. The molecule has 0 atom stereocenters. The van der Waals surface area contributed by atoms with Gasteiger partial charge in [-0.15, -0.1) is 16.8 Å². The Morgan fingerprint density at radius 2 is 2.03 bits per heavy atom. The van der Waals surface area contributed by atoms with E-state index in [1.165, 1.54) is 24.8 Å². The molecular weight excluding hydrogens is 376 g/mol. The molecule has 30 heavy (non-hydrogen) atoms. The molecule has 2 aromatic rings. The maximum atomic E-state index is 6.08. The Hall–Kier alpha value is -2.83. The predicted octanol–water partition coefficient (Wildman–Crippen LogP) is 3.81. The molecule has 0 amide bonds. The second-order valence-corrected chi connectivity index (χ2v) is 7.43. The summed E-state index contributed by atoms with van der Waals surface area (Å²) in [6.45, 7) is 12.4. The van der Waals surface area contributed by atoms with Crippen LogP contribution in [0.3, 0.4) is 0 Å². The van der Waals surface area contributed by atoms with Gasteiger partial charge in [-0.2, -0.15) is 0 Å². The molecule has 7 heteroatoms. The Bertz CT molecular complexity index is 827. The van der Waals surface area contributed by atoms with Crippen LogP contribution >= 0.6 is 0 Å². The van der Waals surface area contributed by atoms with E-state index in [9.17, 15) is 0 Å². The number of aryl methyl sites for hydroxylation is 2. The summed E-state index contributed by atoms with van der Waals surface area (Å²) in [4.78, 5) is 4.74. The highest BCUT2D eigenvalue weighted by atomic mass is 16.5. The molecule has 1 heterocycles. The highest BCUT2D eigenvalue weighted by Crippen LogP contribution is 2.22. The topological polar surface area (TPSA) is 76.4 Å². The number of rotatable bonds is 12. The van der Waals surface area contributed by atoms with Gasteiger partial charge in [-0.1, -0.05) is 44.4 Å². The molecule has 0 aliphatic heterocycles. The van der Waals surface area contributed by atoms with Crippen LogP contribution in [0.4, 0.5) is 0 Å². The van der Waals surface area contributed by atoms with Gasteiger partial charge in [0.2, 0.25) is 0 Å². The minimum atomic E-state index is 0.523. The van der Waals surface area contributed by atoms with Crippen LogP contribution in [0, 0.1) is 13.8 Å². The minimum absolute atomic E-state index is 0.523. The zero-order valence-electron chi connectivity index (χ0n) is 18.9. The van der Waals surface area contributed by atoms with Crippen LogP contribution in [0.2, 0.25) is 0 Å².